The molecule has 1 aromatic carbocycles. The Labute approximate surface area is 174 Å². The van der Waals surface area contributed by atoms with Crippen molar-refractivity contribution in [2.45, 2.75) is 42.6 Å². The molecule has 1 aromatic heterocycles. The highest BCUT2D eigenvalue weighted by atomic mass is 32.2. The van der Waals surface area contributed by atoms with Crippen LogP contribution in [0.15, 0.2) is 41.3 Å². The van der Waals surface area contributed by atoms with E-state index in [2.05, 4.69) is 4.98 Å². The predicted molar refractivity (Wildman–Crippen MR) is 106 cm³/mol. The molecule has 0 saturated carbocycles. The Morgan fingerprint density at radius 1 is 1.27 bits per heavy atom. The van der Waals surface area contributed by atoms with Crippen molar-refractivity contribution in [2.24, 2.45) is 0 Å². The topological polar surface area (TPSA) is 135 Å². The highest BCUT2D eigenvalue weighted by Gasteiger charge is 2.53. The average molecular weight is 436 g/mol. The summed E-state index contributed by atoms with van der Waals surface area (Å²) in [6.07, 6.45) is -0.0920. The zero-order chi connectivity index (χ0) is 21.9. The highest BCUT2D eigenvalue weighted by Crippen LogP contribution is 2.32. The summed E-state index contributed by atoms with van der Waals surface area (Å²) in [6.45, 7) is 3.62. The van der Waals surface area contributed by atoms with Gasteiger partial charge >= 0.3 is 0 Å². The van der Waals surface area contributed by atoms with Crippen LogP contribution in [0.4, 0.5) is 0 Å². The average Bonchev–Trinajstić information content (AvgIpc) is 2.71. The lowest BCUT2D eigenvalue weighted by Crippen LogP contribution is -2.62. The van der Waals surface area contributed by atoms with Crippen LogP contribution in [0.1, 0.15) is 23.4 Å². The first-order valence-electron chi connectivity index (χ1n) is 9.32. The van der Waals surface area contributed by atoms with Gasteiger partial charge < -0.3 is 14.6 Å². The van der Waals surface area contributed by atoms with Crippen LogP contribution in [0.3, 0.4) is 0 Å². The van der Waals surface area contributed by atoms with E-state index in [1.165, 1.54) is 29.7 Å². The van der Waals surface area contributed by atoms with Gasteiger partial charge in [0, 0.05) is 18.0 Å². The molecule has 2 heterocycles. The van der Waals surface area contributed by atoms with Crippen LogP contribution >= 0.6 is 0 Å². The number of nitrogens with one attached hydrogen (secondary N) is 1. The largest absolute Gasteiger partial charge is 0.489 e. The van der Waals surface area contributed by atoms with Crippen LogP contribution in [0.2, 0.25) is 0 Å². The third kappa shape index (κ3) is 4.46. The number of hydrogen-bond donors (Lipinski definition) is 3. The number of amides is 1. The van der Waals surface area contributed by atoms with Gasteiger partial charge in [0.05, 0.1) is 11.5 Å². The van der Waals surface area contributed by atoms with Crippen molar-refractivity contribution < 1.29 is 33.0 Å². The number of benzene rings is 1. The summed E-state index contributed by atoms with van der Waals surface area (Å²) in [5.74, 6) is -0.755. The van der Waals surface area contributed by atoms with E-state index in [0.717, 1.165) is 17.0 Å². The maximum atomic E-state index is 13.1. The molecule has 3 N–H and O–H groups in total. The third-order valence-electron chi connectivity index (χ3n) is 4.95. The van der Waals surface area contributed by atoms with E-state index in [0.29, 0.717) is 12.4 Å². The Bertz CT molecular complexity index is 1000. The minimum absolute atomic E-state index is 0.0663. The molecule has 1 aliphatic rings. The van der Waals surface area contributed by atoms with Gasteiger partial charge in [-0.1, -0.05) is 0 Å². The fourth-order valence-electron chi connectivity index (χ4n) is 3.53. The zero-order valence-corrected chi connectivity index (χ0v) is 17.5. The smallest absolute Gasteiger partial charge is 0.279 e. The van der Waals surface area contributed by atoms with Crippen molar-refractivity contribution in [1.29, 1.82) is 0 Å². The molecule has 0 spiro atoms. The normalized spacial score (nSPS) is 21.8. The van der Waals surface area contributed by atoms with Gasteiger partial charge in [-0.05, 0) is 62.2 Å². The van der Waals surface area contributed by atoms with Gasteiger partial charge in [-0.15, -0.1) is 0 Å². The van der Waals surface area contributed by atoms with Gasteiger partial charge in [0.15, 0.2) is 15.4 Å². The summed E-state index contributed by atoms with van der Waals surface area (Å²) < 4.78 is 36.9. The van der Waals surface area contributed by atoms with E-state index in [-0.39, 0.29) is 17.9 Å². The lowest BCUT2D eigenvalue weighted by molar-refractivity contribution is -0.161. The van der Waals surface area contributed by atoms with Crippen LogP contribution in [0.5, 0.6) is 5.75 Å². The Balaban J connectivity index is 1.78. The fourth-order valence-corrected chi connectivity index (χ4v) is 5.47. The standard InChI is InChI=1S/C20H24N2O7S/c1-13-9-15(10-14(2)21-13)11-29-16-3-5-17(6-4-16)30(26,27)18-7-8-28-12-20(18,24)19(23)22-25/h3-6,9-10,18,24-25H,7-8,11-12H2,1-2H3,(H,22,23). The van der Waals surface area contributed by atoms with Crippen LogP contribution in [-0.4, -0.2) is 53.7 Å². The van der Waals surface area contributed by atoms with Crippen molar-refractivity contribution in [3.8, 4) is 5.75 Å². The van der Waals surface area contributed by atoms with E-state index in [1.54, 1.807) is 0 Å². The van der Waals surface area contributed by atoms with E-state index in [1.807, 2.05) is 26.0 Å². The first kappa shape index (κ1) is 22.2. The number of aryl methyl sites for hydroxylation is 2. The van der Waals surface area contributed by atoms with E-state index in [4.69, 9.17) is 14.7 Å². The van der Waals surface area contributed by atoms with Crippen molar-refractivity contribution in [1.82, 2.24) is 10.5 Å². The molecule has 9 nitrogen and oxygen atoms in total. The second-order valence-electron chi connectivity index (χ2n) is 7.26. The molecule has 1 aliphatic heterocycles. The number of aromatic nitrogens is 1. The maximum absolute atomic E-state index is 13.1. The number of pyridine rings is 1. The minimum atomic E-state index is -4.09. The number of rotatable bonds is 6. The van der Waals surface area contributed by atoms with E-state index >= 15 is 0 Å². The summed E-state index contributed by atoms with van der Waals surface area (Å²) >= 11 is 0. The van der Waals surface area contributed by atoms with Gasteiger partial charge in [0.2, 0.25) is 0 Å². The van der Waals surface area contributed by atoms with Crippen LogP contribution in [-0.2, 0) is 26.0 Å². The minimum Gasteiger partial charge on any atom is -0.489 e. The monoisotopic (exact) mass is 436 g/mol. The Hall–Kier alpha value is -2.53. The number of ether oxygens (including phenoxy) is 2. The summed E-state index contributed by atoms with van der Waals surface area (Å²) in [4.78, 5) is 16.2. The van der Waals surface area contributed by atoms with Gasteiger partial charge in [-0.25, -0.2) is 13.9 Å². The highest BCUT2D eigenvalue weighted by molar-refractivity contribution is 7.92. The molecule has 1 amide bonds. The Morgan fingerprint density at radius 2 is 1.90 bits per heavy atom. The molecule has 1 fully saturated rings. The first-order chi connectivity index (χ1) is 14.2. The summed E-state index contributed by atoms with van der Waals surface area (Å²) in [5, 5.41) is 18.0. The molecule has 2 aromatic rings. The quantitative estimate of drug-likeness (QED) is 0.452. The molecule has 162 valence electrons. The molecule has 2 unspecified atom stereocenters. The number of aliphatic hydroxyl groups is 1. The molecule has 3 rings (SSSR count). The molecule has 0 radical (unpaired) electrons. The SMILES string of the molecule is Cc1cc(COc2ccc(S(=O)(=O)C3CCOCC3(O)C(=O)NO)cc2)cc(C)n1. The second-order valence-corrected chi connectivity index (χ2v) is 9.39. The van der Waals surface area contributed by atoms with Crippen LogP contribution in [0, 0.1) is 13.8 Å². The van der Waals surface area contributed by atoms with Crippen molar-refractivity contribution >= 4 is 15.7 Å². The number of sulfone groups is 1. The van der Waals surface area contributed by atoms with Crippen molar-refractivity contribution in [3.05, 3.63) is 53.3 Å². The van der Waals surface area contributed by atoms with Crippen LogP contribution < -0.4 is 10.2 Å². The summed E-state index contributed by atoms with van der Waals surface area (Å²) in [5.41, 5.74) is 1.63. The number of nitrogens with zero attached hydrogens (tertiary/aromatic N) is 1. The number of carbonyl (C=O) groups is 1. The molecule has 0 bridgehead atoms. The molecule has 30 heavy (non-hydrogen) atoms. The molecule has 2 atom stereocenters. The van der Waals surface area contributed by atoms with E-state index < -0.39 is 33.2 Å². The molecule has 1 saturated heterocycles. The lowest BCUT2D eigenvalue weighted by Gasteiger charge is -2.36. The fraction of sp³-hybridized carbons (Fsp3) is 0.400. The van der Waals surface area contributed by atoms with Gasteiger partial charge in [0.25, 0.3) is 5.91 Å². The zero-order valence-electron chi connectivity index (χ0n) is 16.7. The Morgan fingerprint density at radius 3 is 2.50 bits per heavy atom. The third-order valence-corrected chi connectivity index (χ3v) is 7.25. The summed E-state index contributed by atoms with van der Waals surface area (Å²) in [7, 11) is -4.09. The Kier molecular flexibility index (Phi) is 6.41. The maximum Gasteiger partial charge on any atom is 0.279 e. The number of hydrogen-bond acceptors (Lipinski definition) is 8. The number of carbonyl (C=O) groups excluding carboxylic acids is 1. The van der Waals surface area contributed by atoms with Gasteiger partial charge in [-0.3, -0.25) is 15.0 Å². The van der Waals surface area contributed by atoms with Crippen molar-refractivity contribution in [2.75, 3.05) is 13.2 Å². The van der Waals surface area contributed by atoms with Gasteiger partial charge in [-0.2, -0.15) is 0 Å². The molecular weight excluding hydrogens is 412 g/mol. The molecule has 10 heteroatoms. The molecule has 0 aliphatic carbocycles. The van der Waals surface area contributed by atoms with Crippen LogP contribution in [0.25, 0.3) is 0 Å². The lowest BCUT2D eigenvalue weighted by atomic mass is 9.95. The van der Waals surface area contributed by atoms with Crippen molar-refractivity contribution in [3.63, 3.8) is 0 Å². The van der Waals surface area contributed by atoms with Gasteiger partial charge in [0.1, 0.15) is 17.6 Å². The predicted octanol–water partition coefficient (Wildman–Crippen LogP) is 1.08. The first-order valence-corrected chi connectivity index (χ1v) is 10.9. The van der Waals surface area contributed by atoms with E-state index in [9.17, 15) is 18.3 Å². The number of hydroxylamine groups is 1. The molecular formula is C20H24N2O7S. The second kappa shape index (κ2) is 8.68. The summed E-state index contributed by atoms with van der Waals surface area (Å²) in [6, 6.07) is 9.56.